The van der Waals surface area contributed by atoms with Gasteiger partial charge in [-0.05, 0) is 25.3 Å². The van der Waals surface area contributed by atoms with Crippen molar-refractivity contribution < 1.29 is 0 Å². The van der Waals surface area contributed by atoms with Crippen molar-refractivity contribution in [3.05, 3.63) is 24.3 Å². The Morgan fingerprint density at radius 1 is 1.33 bits per heavy atom. The van der Waals surface area contributed by atoms with Crippen molar-refractivity contribution >= 4 is 0 Å². The van der Waals surface area contributed by atoms with Gasteiger partial charge in [-0.1, -0.05) is 20.8 Å². The maximum atomic E-state index is 4.36. The Morgan fingerprint density at radius 2 is 2.13 bits per heavy atom. The molecule has 1 N–H and O–H groups in total. The van der Waals surface area contributed by atoms with Crippen LogP contribution in [0.3, 0.4) is 0 Å². The van der Waals surface area contributed by atoms with Gasteiger partial charge in [0.05, 0.1) is 11.7 Å². The molecule has 1 aromatic heterocycles. The number of hydrogen-bond donors (Lipinski definition) is 1. The highest BCUT2D eigenvalue weighted by Crippen LogP contribution is 2.18. The number of nitrogens with zero attached hydrogens (tertiary/aromatic N) is 2. The lowest BCUT2D eigenvalue weighted by atomic mass is 10.0. The van der Waals surface area contributed by atoms with Gasteiger partial charge in [0.1, 0.15) is 0 Å². The van der Waals surface area contributed by atoms with Crippen molar-refractivity contribution in [2.75, 3.05) is 6.54 Å². The molecule has 0 aliphatic rings. The van der Waals surface area contributed by atoms with Gasteiger partial charge < -0.3 is 5.32 Å². The van der Waals surface area contributed by atoms with Crippen LogP contribution in [0.2, 0.25) is 0 Å². The summed E-state index contributed by atoms with van der Waals surface area (Å²) in [5.41, 5.74) is 1.06. The summed E-state index contributed by atoms with van der Waals surface area (Å²) in [4.78, 5) is 8.48. The van der Waals surface area contributed by atoms with E-state index >= 15 is 0 Å². The van der Waals surface area contributed by atoms with Crippen molar-refractivity contribution in [1.82, 2.24) is 15.3 Å². The summed E-state index contributed by atoms with van der Waals surface area (Å²) in [6, 6.07) is 0.346. The fraction of sp³-hybridized carbons (Fsp3) is 0.667. The summed E-state index contributed by atoms with van der Waals surface area (Å²) in [7, 11) is 0. The highest BCUT2D eigenvalue weighted by molar-refractivity contribution is 5.02. The van der Waals surface area contributed by atoms with Crippen LogP contribution in [-0.2, 0) is 0 Å². The molecule has 0 spiro atoms. The summed E-state index contributed by atoms with van der Waals surface area (Å²) in [5.74, 6) is 0.668. The molecular weight excluding hydrogens is 186 g/mol. The molecule has 1 aromatic rings. The van der Waals surface area contributed by atoms with Crippen molar-refractivity contribution in [1.29, 1.82) is 0 Å². The molecule has 84 valence electrons. The molecule has 0 aliphatic carbocycles. The van der Waals surface area contributed by atoms with Gasteiger partial charge in [-0.15, -0.1) is 0 Å². The van der Waals surface area contributed by atoms with E-state index in [0.717, 1.165) is 25.1 Å². The van der Waals surface area contributed by atoms with Crippen LogP contribution in [0.1, 0.15) is 45.3 Å². The maximum absolute atomic E-state index is 4.36. The molecule has 0 fully saturated rings. The van der Waals surface area contributed by atoms with E-state index in [9.17, 15) is 0 Å². The van der Waals surface area contributed by atoms with Crippen molar-refractivity contribution in [3.63, 3.8) is 0 Å². The normalized spacial score (nSPS) is 13.1. The molecule has 3 heteroatoms. The van der Waals surface area contributed by atoms with Crippen molar-refractivity contribution in [2.45, 2.75) is 39.7 Å². The van der Waals surface area contributed by atoms with E-state index in [1.165, 1.54) is 0 Å². The summed E-state index contributed by atoms with van der Waals surface area (Å²) in [5, 5.41) is 3.51. The Bertz CT molecular complexity index is 259. The van der Waals surface area contributed by atoms with Crippen LogP contribution in [0.4, 0.5) is 0 Å². The Hall–Kier alpha value is -0.960. The molecule has 0 aromatic carbocycles. The average Bonchev–Trinajstić information content (AvgIpc) is 2.25. The first-order valence-corrected chi connectivity index (χ1v) is 5.73. The molecule has 0 saturated heterocycles. The second-order valence-corrected chi connectivity index (χ2v) is 4.27. The molecule has 15 heavy (non-hydrogen) atoms. The fourth-order valence-electron chi connectivity index (χ4n) is 1.59. The highest BCUT2D eigenvalue weighted by Gasteiger charge is 2.13. The van der Waals surface area contributed by atoms with Crippen LogP contribution in [0.25, 0.3) is 0 Å². The van der Waals surface area contributed by atoms with Gasteiger partial charge in [0.15, 0.2) is 0 Å². The molecule has 1 unspecified atom stereocenters. The van der Waals surface area contributed by atoms with E-state index in [1.807, 2.05) is 6.20 Å². The third kappa shape index (κ3) is 4.38. The lowest BCUT2D eigenvalue weighted by Gasteiger charge is -2.19. The quantitative estimate of drug-likeness (QED) is 0.779. The third-order valence-corrected chi connectivity index (χ3v) is 2.29. The fourth-order valence-corrected chi connectivity index (χ4v) is 1.59. The Labute approximate surface area is 92.3 Å². The minimum Gasteiger partial charge on any atom is -0.309 e. The summed E-state index contributed by atoms with van der Waals surface area (Å²) >= 11 is 0. The van der Waals surface area contributed by atoms with Gasteiger partial charge in [0.25, 0.3) is 0 Å². The molecule has 1 rings (SSSR count). The van der Waals surface area contributed by atoms with Crippen molar-refractivity contribution in [2.24, 2.45) is 5.92 Å². The van der Waals surface area contributed by atoms with Crippen LogP contribution >= 0.6 is 0 Å². The van der Waals surface area contributed by atoms with E-state index in [0.29, 0.717) is 12.0 Å². The zero-order valence-corrected chi connectivity index (χ0v) is 9.90. The molecule has 0 radical (unpaired) electrons. The first-order valence-electron chi connectivity index (χ1n) is 5.73. The minimum absolute atomic E-state index is 0.346. The van der Waals surface area contributed by atoms with Gasteiger partial charge >= 0.3 is 0 Å². The predicted octanol–water partition coefficient (Wildman–Crippen LogP) is 2.56. The smallest absolute Gasteiger partial charge is 0.0756 e. The maximum Gasteiger partial charge on any atom is 0.0756 e. The summed E-state index contributed by atoms with van der Waals surface area (Å²) < 4.78 is 0. The van der Waals surface area contributed by atoms with E-state index in [2.05, 4.69) is 36.1 Å². The number of hydrogen-bond acceptors (Lipinski definition) is 3. The van der Waals surface area contributed by atoms with Gasteiger partial charge in [0.2, 0.25) is 0 Å². The zero-order chi connectivity index (χ0) is 11.1. The van der Waals surface area contributed by atoms with Crippen LogP contribution in [-0.4, -0.2) is 16.5 Å². The second-order valence-electron chi connectivity index (χ2n) is 4.27. The van der Waals surface area contributed by atoms with Gasteiger partial charge in [-0.25, -0.2) is 0 Å². The van der Waals surface area contributed by atoms with Gasteiger partial charge in [0, 0.05) is 18.6 Å². The average molecular weight is 207 g/mol. The molecule has 1 atom stereocenters. The first kappa shape index (κ1) is 12.1. The molecule has 0 amide bonds. The van der Waals surface area contributed by atoms with E-state index < -0.39 is 0 Å². The van der Waals surface area contributed by atoms with Crippen LogP contribution in [0.15, 0.2) is 18.6 Å². The SMILES string of the molecule is CCCNC(CC(C)C)c1cnccn1. The van der Waals surface area contributed by atoms with Gasteiger partial charge in [-0.2, -0.15) is 0 Å². The van der Waals surface area contributed by atoms with E-state index in [4.69, 9.17) is 0 Å². The monoisotopic (exact) mass is 207 g/mol. The molecule has 0 saturated carbocycles. The second kappa shape index (κ2) is 6.51. The highest BCUT2D eigenvalue weighted by atomic mass is 14.9. The number of rotatable bonds is 6. The van der Waals surface area contributed by atoms with Crippen LogP contribution in [0, 0.1) is 5.92 Å². The summed E-state index contributed by atoms with van der Waals surface area (Å²) in [6.45, 7) is 7.68. The molecule has 1 heterocycles. The van der Waals surface area contributed by atoms with E-state index in [-0.39, 0.29) is 0 Å². The van der Waals surface area contributed by atoms with Crippen molar-refractivity contribution in [3.8, 4) is 0 Å². The molecule has 3 nitrogen and oxygen atoms in total. The predicted molar refractivity (Wildman–Crippen MR) is 62.5 cm³/mol. The Balaban J connectivity index is 2.63. The first-order chi connectivity index (χ1) is 7.24. The third-order valence-electron chi connectivity index (χ3n) is 2.29. The number of nitrogens with one attached hydrogen (secondary N) is 1. The molecular formula is C12H21N3. The lowest BCUT2D eigenvalue weighted by molar-refractivity contribution is 0.422. The minimum atomic E-state index is 0.346. The van der Waals surface area contributed by atoms with E-state index in [1.54, 1.807) is 12.4 Å². The Kier molecular flexibility index (Phi) is 5.26. The molecule has 0 bridgehead atoms. The largest absolute Gasteiger partial charge is 0.309 e. The summed E-state index contributed by atoms with van der Waals surface area (Å²) in [6.07, 6.45) is 7.59. The van der Waals surface area contributed by atoms with Gasteiger partial charge in [-0.3, -0.25) is 9.97 Å². The zero-order valence-electron chi connectivity index (χ0n) is 9.90. The standard InChI is InChI=1S/C12H21N3/c1-4-5-14-11(8-10(2)3)12-9-13-6-7-15-12/h6-7,9-11,14H,4-5,8H2,1-3H3. The topological polar surface area (TPSA) is 37.8 Å². The molecule has 0 aliphatic heterocycles. The number of aromatic nitrogens is 2. The Morgan fingerprint density at radius 3 is 2.67 bits per heavy atom. The lowest BCUT2D eigenvalue weighted by Crippen LogP contribution is -2.24. The van der Waals surface area contributed by atoms with Crippen LogP contribution < -0.4 is 5.32 Å². The van der Waals surface area contributed by atoms with Crippen LogP contribution in [0.5, 0.6) is 0 Å².